The summed E-state index contributed by atoms with van der Waals surface area (Å²) in [7, 11) is 0. The van der Waals surface area contributed by atoms with Gasteiger partial charge in [0.2, 0.25) is 17.7 Å². The molecular weight excluding hydrogens is 432 g/mol. The first-order chi connectivity index (χ1) is 14.0. The number of thioether (sulfide) groups is 1. The highest BCUT2D eigenvalue weighted by Crippen LogP contribution is 2.10. The van der Waals surface area contributed by atoms with Crippen LogP contribution in [0.2, 0.25) is 0 Å². The molecule has 12 heteroatoms. The van der Waals surface area contributed by atoms with E-state index in [0.29, 0.717) is 12.2 Å². The lowest BCUT2D eigenvalue weighted by atomic mass is 9.97. The number of rotatable bonds is 14. The smallest absolute Gasteiger partial charge is 0.326 e. The molecule has 6 unspecified atom stereocenters. The van der Waals surface area contributed by atoms with Gasteiger partial charge in [0, 0.05) is 5.75 Å². The molecule has 0 aliphatic rings. The fraction of sp³-hybridized carbons (Fsp3) is 0.778. The van der Waals surface area contributed by atoms with Crippen LogP contribution in [0, 0.1) is 5.92 Å². The van der Waals surface area contributed by atoms with E-state index in [2.05, 4.69) is 28.6 Å². The number of carboxylic acids is 1. The van der Waals surface area contributed by atoms with Gasteiger partial charge in [0.1, 0.15) is 24.2 Å². The first kappa shape index (κ1) is 28.5. The van der Waals surface area contributed by atoms with Gasteiger partial charge in [-0.1, -0.05) is 20.3 Å². The summed E-state index contributed by atoms with van der Waals surface area (Å²) in [5.41, 5.74) is 5.57. The molecule has 30 heavy (non-hydrogen) atoms. The summed E-state index contributed by atoms with van der Waals surface area (Å²) in [5.74, 6) is -2.96. The van der Waals surface area contributed by atoms with Crippen LogP contribution in [0.1, 0.15) is 33.6 Å². The number of carbonyl (C=O) groups excluding carboxylic acids is 3. The fourth-order valence-electron chi connectivity index (χ4n) is 2.39. The zero-order valence-electron chi connectivity index (χ0n) is 17.8. The number of aliphatic hydroxyl groups excluding tert-OH is 1. The average molecular weight is 467 g/mol. The number of aliphatic carboxylic acids is 1. The minimum atomic E-state index is -1.22. The molecule has 0 aliphatic heterocycles. The van der Waals surface area contributed by atoms with Crippen molar-refractivity contribution in [3.05, 3.63) is 0 Å². The number of carbonyl (C=O) groups is 4. The molecule has 0 aliphatic carbocycles. The molecule has 0 spiro atoms. The second-order valence-corrected chi connectivity index (χ2v) is 8.41. The van der Waals surface area contributed by atoms with Gasteiger partial charge in [-0.3, -0.25) is 14.4 Å². The lowest BCUT2D eigenvalue weighted by Gasteiger charge is -2.27. The third kappa shape index (κ3) is 9.54. The van der Waals surface area contributed by atoms with Crippen molar-refractivity contribution >= 4 is 48.1 Å². The number of nitrogens with two attached hydrogens (primary N) is 1. The van der Waals surface area contributed by atoms with E-state index in [1.807, 2.05) is 13.2 Å². The lowest BCUT2D eigenvalue weighted by Crippen LogP contribution is -2.59. The van der Waals surface area contributed by atoms with Crippen LogP contribution >= 0.6 is 24.4 Å². The Kier molecular flexibility index (Phi) is 13.8. The minimum Gasteiger partial charge on any atom is -0.480 e. The van der Waals surface area contributed by atoms with Crippen LogP contribution in [-0.2, 0) is 19.2 Å². The SMILES string of the molecule is CCC(C)C(NC(=O)C(CS)NC(=O)C(N)C(C)O)C(=O)NC(CCSC)C(=O)O. The Labute approximate surface area is 186 Å². The second kappa shape index (κ2) is 14.5. The van der Waals surface area contributed by atoms with Crippen molar-refractivity contribution in [1.82, 2.24) is 16.0 Å². The van der Waals surface area contributed by atoms with Gasteiger partial charge in [-0.25, -0.2) is 4.79 Å². The quantitative estimate of drug-likeness (QED) is 0.159. The van der Waals surface area contributed by atoms with Crippen LogP contribution in [-0.4, -0.2) is 81.9 Å². The molecular formula is C18H34N4O6S2. The summed E-state index contributed by atoms with van der Waals surface area (Å²) in [5, 5.41) is 26.2. The largest absolute Gasteiger partial charge is 0.480 e. The van der Waals surface area contributed by atoms with Gasteiger partial charge in [0.25, 0.3) is 0 Å². The van der Waals surface area contributed by atoms with Crippen LogP contribution in [0.15, 0.2) is 0 Å². The van der Waals surface area contributed by atoms with Crippen molar-refractivity contribution in [3.63, 3.8) is 0 Å². The van der Waals surface area contributed by atoms with E-state index in [1.165, 1.54) is 18.7 Å². The number of hydrogen-bond donors (Lipinski definition) is 7. The van der Waals surface area contributed by atoms with Crippen LogP contribution in [0.3, 0.4) is 0 Å². The standard InChI is InChI=1S/C18H34N4O6S2/c1-5-9(2)14(17(26)20-11(18(27)28)6-7-30-4)22-15(24)12(8-29)21-16(25)13(19)10(3)23/h9-14,23,29H,5-8,19H2,1-4H3,(H,20,26)(H,21,25)(H,22,24)(H,27,28). The van der Waals surface area contributed by atoms with Crippen LogP contribution in [0.25, 0.3) is 0 Å². The van der Waals surface area contributed by atoms with Gasteiger partial charge < -0.3 is 31.9 Å². The molecule has 6 atom stereocenters. The van der Waals surface area contributed by atoms with Crippen molar-refractivity contribution < 1.29 is 29.4 Å². The molecule has 7 N–H and O–H groups in total. The lowest BCUT2D eigenvalue weighted by molar-refractivity contribution is -0.142. The Morgan fingerprint density at radius 1 is 1.03 bits per heavy atom. The van der Waals surface area contributed by atoms with Crippen molar-refractivity contribution in [2.24, 2.45) is 11.7 Å². The summed E-state index contributed by atoms with van der Waals surface area (Å²) in [6.07, 6.45) is 1.52. The van der Waals surface area contributed by atoms with Gasteiger partial charge in [-0.15, -0.1) is 0 Å². The number of thiol groups is 1. The average Bonchev–Trinajstić information content (AvgIpc) is 2.70. The van der Waals surface area contributed by atoms with Crippen LogP contribution in [0.4, 0.5) is 0 Å². The minimum absolute atomic E-state index is 0.0651. The molecule has 10 nitrogen and oxygen atoms in total. The van der Waals surface area contributed by atoms with Crippen LogP contribution in [0.5, 0.6) is 0 Å². The zero-order valence-corrected chi connectivity index (χ0v) is 19.5. The number of amides is 3. The third-order valence-electron chi connectivity index (χ3n) is 4.66. The first-order valence-electron chi connectivity index (χ1n) is 9.67. The molecule has 3 amide bonds. The molecule has 174 valence electrons. The van der Waals surface area contributed by atoms with Crippen LogP contribution < -0.4 is 21.7 Å². The van der Waals surface area contributed by atoms with Gasteiger partial charge in [-0.05, 0) is 31.3 Å². The van der Waals surface area contributed by atoms with Crippen molar-refractivity contribution in [3.8, 4) is 0 Å². The van der Waals surface area contributed by atoms with E-state index >= 15 is 0 Å². The van der Waals surface area contributed by atoms with E-state index in [-0.39, 0.29) is 18.1 Å². The van der Waals surface area contributed by atoms with Crippen molar-refractivity contribution in [1.29, 1.82) is 0 Å². The van der Waals surface area contributed by atoms with E-state index in [9.17, 15) is 29.4 Å². The molecule has 0 saturated carbocycles. The Bertz CT molecular complexity index is 593. The first-order valence-corrected chi connectivity index (χ1v) is 11.7. The molecule has 0 aromatic rings. The third-order valence-corrected chi connectivity index (χ3v) is 5.67. The zero-order chi connectivity index (χ0) is 23.4. The Balaban J connectivity index is 5.29. The van der Waals surface area contributed by atoms with Crippen molar-refractivity contribution in [2.45, 2.75) is 63.9 Å². The highest BCUT2D eigenvalue weighted by Gasteiger charge is 2.32. The molecule has 0 heterocycles. The summed E-state index contributed by atoms with van der Waals surface area (Å²) in [6, 6.07) is -4.38. The summed E-state index contributed by atoms with van der Waals surface area (Å²) >= 11 is 5.52. The molecule has 0 aromatic heterocycles. The maximum absolute atomic E-state index is 12.7. The van der Waals surface area contributed by atoms with Crippen molar-refractivity contribution in [2.75, 3.05) is 17.8 Å². The van der Waals surface area contributed by atoms with Gasteiger partial charge in [0.05, 0.1) is 6.10 Å². The molecule has 0 fully saturated rings. The number of carboxylic acid groups (broad SMARTS) is 1. The maximum atomic E-state index is 12.7. The predicted molar refractivity (Wildman–Crippen MR) is 119 cm³/mol. The molecule has 0 aromatic carbocycles. The highest BCUT2D eigenvalue weighted by atomic mass is 32.2. The number of nitrogens with one attached hydrogen (secondary N) is 3. The summed E-state index contributed by atoms with van der Waals surface area (Å²) < 4.78 is 0. The van der Waals surface area contributed by atoms with E-state index in [4.69, 9.17) is 5.73 Å². The normalized spacial score (nSPS) is 17.0. The Hall–Kier alpha value is -1.50. The Morgan fingerprint density at radius 2 is 1.60 bits per heavy atom. The van der Waals surface area contributed by atoms with Gasteiger partial charge in [-0.2, -0.15) is 24.4 Å². The number of hydrogen-bond acceptors (Lipinski definition) is 8. The van der Waals surface area contributed by atoms with Gasteiger partial charge in [0.15, 0.2) is 0 Å². The second-order valence-electron chi connectivity index (χ2n) is 7.06. The molecule has 0 radical (unpaired) electrons. The highest BCUT2D eigenvalue weighted by molar-refractivity contribution is 7.98. The fourth-order valence-corrected chi connectivity index (χ4v) is 3.12. The monoisotopic (exact) mass is 466 g/mol. The maximum Gasteiger partial charge on any atom is 0.326 e. The molecule has 0 saturated heterocycles. The molecule has 0 bridgehead atoms. The topological polar surface area (TPSA) is 171 Å². The molecule has 0 rings (SSSR count). The number of aliphatic hydroxyl groups is 1. The Morgan fingerprint density at radius 3 is 2.03 bits per heavy atom. The van der Waals surface area contributed by atoms with E-state index in [1.54, 1.807) is 6.92 Å². The predicted octanol–water partition coefficient (Wildman–Crippen LogP) is -1.04. The van der Waals surface area contributed by atoms with E-state index in [0.717, 1.165) is 0 Å². The summed E-state index contributed by atoms with van der Waals surface area (Å²) in [6.45, 7) is 4.93. The summed E-state index contributed by atoms with van der Waals surface area (Å²) in [4.78, 5) is 48.8. The van der Waals surface area contributed by atoms with Gasteiger partial charge >= 0.3 is 5.97 Å². The van der Waals surface area contributed by atoms with E-state index < -0.39 is 54.0 Å².